The zero-order chi connectivity index (χ0) is 16.7. The summed E-state index contributed by atoms with van der Waals surface area (Å²) in [5.74, 6) is -0.111. The van der Waals surface area contributed by atoms with Crippen molar-refractivity contribution in [3.05, 3.63) is 55.3 Å². The highest BCUT2D eigenvalue weighted by molar-refractivity contribution is 5.68. The van der Waals surface area contributed by atoms with Crippen LogP contribution < -0.4 is 16.2 Å². The number of hydrogen-bond donors (Lipinski definition) is 1. The van der Waals surface area contributed by atoms with Crippen molar-refractivity contribution < 1.29 is 13.2 Å². The van der Waals surface area contributed by atoms with Gasteiger partial charge < -0.3 is 5.32 Å². The van der Waals surface area contributed by atoms with Crippen molar-refractivity contribution in [1.29, 1.82) is 0 Å². The molecule has 6 heteroatoms. The van der Waals surface area contributed by atoms with Crippen LogP contribution in [0.1, 0.15) is 42.9 Å². The number of nitrogens with one attached hydrogen (secondary N) is 1. The topological polar surface area (TPSA) is 46.2 Å². The van der Waals surface area contributed by atoms with Gasteiger partial charge in [-0.3, -0.25) is 9.59 Å². The smallest absolute Gasteiger partial charge is 0.352 e. The first-order chi connectivity index (χ1) is 10.1. The molecule has 0 amide bonds. The van der Waals surface area contributed by atoms with Gasteiger partial charge in [-0.1, -0.05) is 13.8 Å². The number of alkyl halides is 3. The summed E-state index contributed by atoms with van der Waals surface area (Å²) in [5.41, 5.74) is -0.976. The van der Waals surface area contributed by atoms with E-state index in [1.54, 1.807) is 6.92 Å². The van der Waals surface area contributed by atoms with Crippen molar-refractivity contribution in [3.8, 4) is 0 Å². The molecule has 1 N–H and O–H groups in total. The summed E-state index contributed by atoms with van der Waals surface area (Å²) in [7, 11) is 0. The summed E-state index contributed by atoms with van der Waals surface area (Å²) >= 11 is 0. The van der Waals surface area contributed by atoms with Crippen molar-refractivity contribution in [2.45, 2.75) is 39.3 Å². The summed E-state index contributed by atoms with van der Waals surface area (Å²) in [6, 6.07) is 3.47. The van der Waals surface area contributed by atoms with Crippen LogP contribution in [0.15, 0.2) is 27.8 Å². The first-order valence-electron chi connectivity index (χ1n) is 6.94. The Balaban J connectivity index is 2.41. The molecule has 1 atom stereocenters. The number of benzene rings is 1. The molecule has 0 saturated heterocycles. The van der Waals surface area contributed by atoms with E-state index in [1.165, 1.54) is 13.0 Å². The van der Waals surface area contributed by atoms with Gasteiger partial charge in [-0.2, -0.15) is 13.2 Å². The van der Waals surface area contributed by atoms with Crippen LogP contribution in [0.25, 0.3) is 0 Å². The average molecular weight is 311 g/mol. The second-order valence-electron chi connectivity index (χ2n) is 5.47. The van der Waals surface area contributed by atoms with E-state index in [0.29, 0.717) is 17.5 Å². The molecule has 2 aromatic rings. The van der Waals surface area contributed by atoms with E-state index in [4.69, 9.17) is 0 Å². The molecule has 2 aromatic carbocycles. The lowest BCUT2D eigenvalue weighted by atomic mass is 9.92. The third kappa shape index (κ3) is 2.91. The van der Waals surface area contributed by atoms with E-state index in [1.807, 2.05) is 6.92 Å². The fraction of sp³-hybridized carbons (Fsp3) is 0.375. The highest BCUT2D eigenvalue weighted by atomic mass is 19.4. The van der Waals surface area contributed by atoms with Crippen LogP contribution >= 0.6 is 0 Å². The Labute approximate surface area is 125 Å². The van der Waals surface area contributed by atoms with Crippen LogP contribution in [0.2, 0.25) is 0 Å². The zero-order valence-electron chi connectivity index (χ0n) is 12.5. The lowest BCUT2D eigenvalue weighted by Crippen LogP contribution is -2.38. The normalized spacial score (nSPS) is 13.4. The van der Waals surface area contributed by atoms with Gasteiger partial charge in [0.25, 0.3) is 0 Å². The SMILES string of the molecule is CCC(C)c1c(Nc2cc(C)cc(C(F)(F)F)c2)c(=O)c1=O. The quantitative estimate of drug-likeness (QED) is 0.872. The number of anilines is 2. The number of rotatable bonds is 4. The van der Waals surface area contributed by atoms with E-state index in [-0.39, 0.29) is 17.3 Å². The van der Waals surface area contributed by atoms with Crippen LogP contribution in [-0.4, -0.2) is 0 Å². The summed E-state index contributed by atoms with van der Waals surface area (Å²) in [6.07, 6.45) is -3.79. The minimum absolute atomic E-state index is 0.109. The Morgan fingerprint density at radius 3 is 2.32 bits per heavy atom. The molecule has 0 aliphatic carbocycles. The van der Waals surface area contributed by atoms with Gasteiger partial charge in [0.2, 0.25) is 10.9 Å². The minimum atomic E-state index is -4.46. The Morgan fingerprint density at radius 2 is 1.77 bits per heavy atom. The summed E-state index contributed by atoms with van der Waals surface area (Å²) in [6.45, 7) is 5.22. The van der Waals surface area contributed by atoms with Gasteiger partial charge in [-0.05, 0) is 43.0 Å². The molecule has 0 fully saturated rings. The molecular weight excluding hydrogens is 295 g/mol. The second-order valence-corrected chi connectivity index (χ2v) is 5.47. The molecule has 0 heterocycles. The maximum Gasteiger partial charge on any atom is 0.416 e. The van der Waals surface area contributed by atoms with Gasteiger partial charge in [0.1, 0.15) is 0 Å². The third-order valence-electron chi connectivity index (χ3n) is 3.73. The predicted molar refractivity (Wildman–Crippen MR) is 79.5 cm³/mol. The van der Waals surface area contributed by atoms with Gasteiger partial charge in [-0.25, -0.2) is 0 Å². The summed E-state index contributed by atoms with van der Waals surface area (Å²) in [5, 5.41) is 2.69. The van der Waals surface area contributed by atoms with Gasteiger partial charge in [0.15, 0.2) is 0 Å². The molecule has 3 nitrogen and oxygen atoms in total. The fourth-order valence-electron chi connectivity index (χ4n) is 2.37. The van der Waals surface area contributed by atoms with Gasteiger partial charge in [0.05, 0.1) is 11.3 Å². The third-order valence-corrected chi connectivity index (χ3v) is 3.73. The maximum atomic E-state index is 12.8. The second kappa shape index (κ2) is 5.59. The lowest BCUT2D eigenvalue weighted by Gasteiger charge is -2.18. The van der Waals surface area contributed by atoms with E-state index in [9.17, 15) is 22.8 Å². The Bertz CT molecular complexity index is 771. The summed E-state index contributed by atoms with van der Waals surface area (Å²) in [4.78, 5) is 23.3. The highest BCUT2D eigenvalue weighted by Gasteiger charge is 2.31. The van der Waals surface area contributed by atoms with Gasteiger partial charge in [-0.15, -0.1) is 0 Å². The molecule has 0 aromatic heterocycles. The number of halogens is 3. The highest BCUT2D eigenvalue weighted by Crippen LogP contribution is 2.33. The van der Waals surface area contributed by atoms with Crippen molar-refractivity contribution in [1.82, 2.24) is 0 Å². The summed E-state index contributed by atoms with van der Waals surface area (Å²) < 4.78 is 38.5. The molecule has 0 bridgehead atoms. The van der Waals surface area contributed by atoms with E-state index >= 15 is 0 Å². The van der Waals surface area contributed by atoms with E-state index in [0.717, 1.165) is 12.1 Å². The maximum absolute atomic E-state index is 12.8. The molecule has 0 saturated carbocycles. The van der Waals surface area contributed by atoms with Gasteiger partial charge in [0, 0.05) is 11.3 Å². The van der Waals surface area contributed by atoms with Crippen molar-refractivity contribution in [2.75, 3.05) is 5.32 Å². The van der Waals surface area contributed by atoms with Crippen LogP contribution in [0, 0.1) is 6.92 Å². The molecule has 0 radical (unpaired) electrons. The molecule has 22 heavy (non-hydrogen) atoms. The van der Waals surface area contributed by atoms with Crippen molar-refractivity contribution >= 4 is 11.4 Å². The van der Waals surface area contributed by atoms with Crippen molar-refractivity contribution in [3.63, 3.8) is 0 Å². The van der Waals surface area contributed by atoms with Crippen LogP contribution in [0.5, 0.6) is 0 Å². The van der Waals surface area contributed by atoms with Crippen LogP contribution in [0.3, 0.4) is 0 Å². The largest absolute Gasteiger partial charge is 0.416 e. The molecule has 0 aliphatic heterocycles. The van der Waals surface area contributed by atoms with Gasteiger partial charge >= 0.3 is 6.18 Å². The average Bonchev–Trinajstić information content (AvgIpc) is 2.44. The first kappa shape index (κ1) is 16.3. The molecule has 0 spiro atoms. The Morgan fingerprint density at radius 1 is 1.14 bits per heavy atom. The lowest BCUT2D eigenvalue weighted by molar-refractivity contribution is -0.137. The Kier molecular flexibility index (Phi) is 4.13. The minimum Gasteiger partial charge on any atom is -0.352 e. The zero-order valence-corrected chi connectivity index (χ0v) is 12.5. The van der Waals surface area contributed by atoms with Crippen molar-refractivity contribution in [2.24, 2.45) is 0 Å². The molecular formula is C16H16F3NO2. The first-order valence-corrected chi connectivity index (χ1v) is 6.94. The number of hydrogen-bond acceptors (Lipinski definition) is 3. The predicted octanol–water partition coefficient (Wildman–Crippen LogP) is 3.87. The molecule has 2 rings (SSSR count). The molecule has 1 unspecified atom stereocenters. The number of aryl methyl sites for hydroxylation is 1. The van der Waals surface area contributed by atoms with Crippen LogP contribution in [-0.2, 0) is 6.18 Å². The van der Waals surface area contributed by atoms with Crippen LogP contribution in [0.4, 0.5) is 24.5 Å². The molecule has 0 aliphatic rings. The molecule has 118 valence electrons. The Hall–Kier alpha value is -2.11. The van der Waals surface area contributed by atoms with E-state index < -0.39 is 22.6 Å². The standard InChI is InChI=1S/C16H16F3NO2/c1-4-9(3)12-13(15(22)14(12)21)20-11-6-8(2)5-10(7-11)16(17,18)19/h5-7,9,20H,4H2,1-3H3. The fourth-order valence-corrected chi connectivity index (χ4v) is 2.37. The monoisotopic (exact) mass is 311 g/mol. The van der Waals surface area contributed by atoms with E-state index in [2.05, 4.69) is 5.32 Å².